The molecule has 0 bridgehead atoms. The second-order valence-electron chi connectivity index (χ2n) is 5.75. The molecule has 0 radical (unpaired) electrons. The van der Waals surface area contributed by atoms with Gasteiger partial charge < -0.3 is 14.5 Å². The SMILES string of the molecule is COc1cc(OC)cc(-c2nc(-c3cccs3)c(-c3ccccc3)[nH]2)c1. The summed E-state index contributed by atoms with van der Waals surface area (Å²) in [6.45, 7) is 0. The van der Waals surface area contributed by atoms with Crippen LogP contribution in [0.5, 0.6) is 11.5 Å². The molecule has 0 saturated carbocycles. The number of H-pyrrole nitrogens is 1. The summed E-state index contributed by atoms with van der Waals surface area (Å²) in [4.78, 5) is 9.51. The number of hydrogen-bond acceptors (Lipinski definition) is 4. The molecule has 4 nitrogen and oxygen atoms in total. The zero-order chi connectivity index (χ0) is 17.9. The molecule has 0 fully saturated rings. The molecule has 5 heteroatoms. The van der Waals surface area contributed by atoms with Crippen molar-refractivity contribution in [2.24, 2.45) is 0 Å². The van der Waals surface area contributed by atoms with Gasteiger partial charge in [-0.2, -0.15) is 0 Å². The quantitative estimate of drug-likeness (QED) is 0.511. The molecular formula is C21H18N2O2S. The molecule has 0 spiro atoms. The number of nitrogens with zero attached hydrogens (tertiary/aromatic N) is 1. The first-order chi connectivity index (χ1) is 12.8. The van der Waals surface area contributed by atoms with Crippen LogP contribution >= 0.6 is 11.3 Å². The number of aromatic nitrogens is 2. The summed E-state index contributed by atoms with van der Waals surface area (Å²) in [6, 6.07) is 20.1. The lowest BCUT2D eigenvalue weighted by Crippen LogP contribution is -1.89. The largest absolute Gasteiger partial charge is 0.497 e. The monoisotopic (exact) mass is 362 g/mol. The van der Waals surface area contributed by atoms with Crippen LogP contribution < -0.4 is 9.47 Å². The van der Waals surface area contributed by atoms with Gasteiger partial charge in [0.25, 0.3) is 0 Å². The van der Waals surface area contributed by atoms with E-state index >= 15 is 0 Å². The molecule has 26 heavy (non-hydrogen) atoms. The number of aromatic amines is 1. The van der Waals surface area contributed by atoms with Crippen LogP contribution in [0.2, 0.25) is 0 Å². The van der Waals surface area contributed by atoms with Crippen LogP contribution in [0.4, 0.5) is 0 Å². The van der Waals surface area contributed by atoms with Gasteiger partial charge in [-0.25, -0.2) is 4.98 Å². The Labute approximate surface area is 156 Å². The predicted octanol–water partition coefficient (Wildman–Crippen LogP) is 5.49. The summed E-state index contributed by atoms with van der Waals surface area (Å²) in [5, 5.41) is 2.06. The Balaban J connectivity index is 1.89. The number of ether oxygens (including phenoxy) is 2. The van der Waals surface area contributed by atoms with Crippen molar-refractivity contribution in [1.29, 1.82) is 0 Å². The smallest absolute Gasteiger partial charge is 0.138 e. The highest BCUT2D eigenvalue weighted by Crippen LogP contribution is 2.36. The number of rotatable bonds is 5. The highest BCUT2D eigenvalue weighted by molar-refractivity contribution is 7.13. The van der Waals surface area contributed by atoms with Gasteiger partial charge in [-0.05, 0) is 23.6 Å². The zero-order valence-electron chi connectivity index (χ0n) is 14.5. The van der Waals surface area contributed by atoms with Gasteiger partial charge in [0.15, 0.2) is 0 Å². The Morgan fingerprint density at radius 1 is 0.846 bits per heavy atom. The van der Waals surface area contributed by atoms with Crippen molar-refractivity contribution in [2.75, 3.05) is 14.2 Å². The van der Waals surface area contributed by atoms with E-state index in [2.05, 4.69) is 28.6 Å². The second kappa shape index (κ2) is 7.06. The van der Waals surface area contributed by atoms with Crippen molar-refractivity contribution in [3.63, 3.8) is 0 Å². The first kappa shape index (κ1) is 16.4. The molecular weight excluding hydrogens is 344 g/mol. The van der Waals surface area contributed by atoms with E-state index in [0.717, 1.165) is 44.7 Å². The molecule has 0 aliphatic carbocycles. The summed E-state index contributed by atoms with van der Waals surface area (Å²) < 4.78 is 10.8. The number of methoxy groups -OCH3 is 2. The molecule has 130 valence electrons. The minimum absolute atomic E-state index is 0.731. The third kappa shape index (κ3) is 3.09. The van der Waals surface area contributed by atoms with Crippen molar-refractivity contribution in [3.05, 3.63) is 66.0 Å². The highest BCUT2D eigenvalue weighted by Gasteiger charge is 2.17. The van der Waals surface area contributed by atoms with Crippen molar-refractivity contribution in [1.82, 2.24) is 9.97 Å². The Bertz CT molecular complexity index is 986. The van der Waals surface area contributed by atoms with Crippen LogP contribution in [0.3, 0.4) is 0 Å². The Morgan fingerprint density at radius 2 is 1.58 bits per heavy atom. The lowest BCUT2D eigenvalue weighted by molar-refractivity contribution is 0.394. The van der Waals surface area contributed by atoms with E-state index in [1.165, 1.54) is 0 Å². The van der Waals surface area contributed by atoms with Gasteiger partial charge in [-0.15, -0.1) is 11.3 Å². The lowest BCUT2D eigenvalue weighted by atomic mass is 10.1. The first-order valence-electron chi connectivity index (χ1n) is 8.21. The molecule has 4 aromatic rings. The van der Waals surface area contributed by atoms with Crippen molar-refractivity contribution in [2.45, 2.75) is 0 Å². The number of thiophene rings is 1. The highest BCUT2D eigenvalue weighted by atomic mass is 32.1. The minimum atomic E-state index is 0.731. The number of imidazole rings is 1. The van der Waals surface area contributed by atoms with E-state index in [1.54, 1.807) is 25.6 Å². The molecule has 2 heterocycles. The summed E-state index contributed by atoms with van der Waals surface area (Å²) in [5.41, 5.74) is 3.97. The first-order valence-corrected chi connectivity index (χ1v) is 9.09. The Kier molecular flexibility index (Phi) is 4.46. The normalized spacial score (nSPS) is 10.7. The average Bonchev–Trinajstić information content (AvgIpc) is 3.37. The van der Waals surface area contributed by atoms with Crippen LogP contribution in [0, 0.1) is 0 Å². The maximum Gasteiger partial charge on any atom is 0.138 e. The van der Waals surface area contributed by atoms with Gasteiger partial charge in [0.1, 0.15) is 23.0 Å². The van der Waals surface area contributed by atoms with Crippen LogP contribution in [-0.2, 0) is 0 Å². The molecule has 2 aromatic carbocycles. The van der Waals surface area contributed by atoms with Crippen LogP contribution in [0.1, 0.15) is 0 Å². The number of hydrogen-bond donors (Lipinski definition) is 1. The fraction of sp³-hybridized carbons (Fsp3) is 0.0952. The Hall–Kier alpha value is -3.05. The molecule has 1 N–H and O–H groups in total. The fourth-order valence-corrected chi connectivity index (χ4v) is 3.58. The molecule has 0 atom stereocenters. The maximum absolute atomic E-state index is 5.39. The molecule has 0 amide bonds. The van der Waals surface area contributed by atoms with E-state index in [0.29, 0.717) is 0 Å². The summed E-state index contributed by atoms with van der Waals surface area (Å²) in [5.74, 6) is 2.24. The van der Waals surface area contributed by atoms with E-state index in [9.17, 15) is 0 Å². The van der Waals surface area contributed by atoms with Crippen LogP contribution in [-0.4, -0.2) is 24.2 Å². The van der Waals surface area contributed by atoms with E-state index < -0.39 is 0 Å². The van der Waals surface area contributed by atoms with Gasteiger partial charge in [0.05, 0.1) is 24.8 Å². The summed E-state index contributed by atoms with van der Waals surface area (Å²) >= 11 is 1.68. The summed E-state index contributed by atoms with van der Waals surface area (Å²) in [6.07, 6.45) is 0. The van der Waals surface area contributed by atoms with Crippen molar-refractivity contribution < 1.29 is 9.47 Å². The molecule has 4 rings (SSSR count). The maximum atomic E-state index is 5.39. The molecule has 0 aliphatic heterocycles. The number of nitrogens with one attached hydrogen (secondary N) is 1. The predicted molar refractivity (Wildman–Crippen MR) is 106 cm³/mol. The van der Waals surface area contributed by atoms with E-state index in [4.69, 9.17) is 14.5 Å². The summed E-state index contributed by atoms with van der Waals surface area (Å²) in [7, 11) is 3.29. The zero-order valence-corrected chi connectivity index (χ0v) is 15.3. The molecule has 0 unspecified atom stereocenters. The standard InChI is InChI=1S/C21H18N2O2S/c1-24-16-11-15(12-17(13-16)25-2)21-22-19(14-7-4-3-5-8-14)20(23-21)18-9-6-10-26-18/h3-13H,1-2H3,(H,22,23). The molecule has 0 saturated heterocycles. The van der Waals surface area contributed by atoms with Gasteiger partial charge in [-0.1, -0.05) is 36.4 Å². The van der Waals surface area contributed by atoms with E-state index in [-0.39, 0.29) is 0 Å². The third-order valence-corrected chi connectivity index (χ3v) is 5.02. The Morgan fingerprint density at radius 3 is 2.19 bits per heavy atom. The van der Waals surface area contributed by atoms with Gasteiger partial charge in [-0.3, -0.25) is 0 Å². The van der Waals surface area contributed by atoms with Crippen molar-refractivity contribution >= 4 is 11.3 Å². The van der Waals surface area contributed by atoms with Gasteiger partial charge >= 0.3 is 0 Å². The van der Waals surface area contributed by atoms with Crippen molar-refractivity contribution in [3.8, 4) is 44.7 Å². The minimum Gasteiger partial charge on any atom is -0.497 e. The molecule has 2 aromatic heterocycles. The van der Waals surface area contributed by atoms with Crippen LogP contribution in [0.15, 0.2) is 66.0 Å². The molecule has 0 aliphatic rings. The van der Waals surface area contributed by atoms with Crippen LogP contribution in [0.25, 0.3) is 33.2 Å². The van der Waals surface area contributed by atoms with E-state index in [1.807, 2.05) is 42.5 Å². The fourth-order valence-electron chi connectivity index (χ4n) is 2.86. The second-order valence-corrected chi connectivity index (χ2v) is 6.70. The number of benzene rings is 2. The van der Waals surface area contributed by atoms with Gasteiger partial charge in [0.2, 0.25) is 0 Å². The average molecular weight is 362 g/mol. The topological polar surface area (TPSA) is 47.1 Å². The third-order valence-electron chi connectivity index (χ3n) is 4.15. The lowest BCUT2D eigenvalue weighted by Gasteiger charge is -2.06. The van der Waals surface area contributed by atoms with Gasteiger partial charge in [0, 0.05) is 17.2 Å².